The monoisotopic (exact) mass is 510 g/mol. The summed E-state index contributed by atoms with van der Waals surface area (Å²) in [5, 5.41) is 15.2. The van der Waals surface area contributed by atoms with Crippen LogP contribution in [0, 0.1) is 28.9 Å². The molecule has 0 spiro atoms. The minimum Gasteiger partial charge on any atom is -0.381 e. The number of fused-ring (bicyclic) bond motifs is 1. The van der Waals surface area contributed by atoms with E-state index in [-0.39, 0.29) is 35.4 Å². The Morgan fingerprint density at radius 3 is 2.57 bits per heavy atom. The van der Waals surface area contributed by atoms with E-state index in [1.807, 2.05) is 4.57 Å². The van der Waals surface area contributed by atoms with Gasteiger partial charge in [0.15, 0.2) is 17.3 Å². The van der Waals surface area contributed by atoms with E-state index < -0.39 is 17.3 Å². The molecule has 1 atom stereocenters. The molecule has 1 aliphatic heterocycles. The van der Waals surface area contributed by atoms with Crippen molar-refractivity contribution >= 4 is 34.7 Å². The molecular formula is C25H28F2N8O2. The molecule has 2 aliphatic rings. The molecule has 0 bridgehead atoms. The highest BCUT2D eigenvalue weighted by Gasteiger charge is 2.30. The molecule has 1 unspecified atom stereocenters. The molecule has 12 heteroatoms. The molecule has 2 aromatic heterocycles. The summed E-state index contributed by atoms with van der Waals surface area (Å²) in [6.07, 6.45) is 6.73. The Hall–Kier alpha value is -3.85. The first kappa shape index (κ1) is 24.8. The highest BCUT2D eigenvalue weighted by atomic mass is 19.1. The first-order valence-electron chi connectivity index (χ1n) is 12.5. The zero-order valence-corrected chi connectivity index (χ0v) is 20.2. The van der Waals surface area contributed by atoms with Crippen molar-refractivity contribution < 1.29 is 18.3 Å². The van der Waals surface area contributed by atoms with Gasteiger partial charge in [-0.25, -0.2) is 18.7 Å². The molecular weight excluding hydrogens is 482 g/mol. The van der Waals surface area contributed by atoms with Crippen molar-refractivity contribution in [3.05, 3.63) is 35.5 Å². The van der Waals surface area contributed by atoms with Crippen LogP contribution in [0.4, 0.5) is 26.4 Å². The van der Waals surface area contributed by atoms with Gasteiger partial charge in [0.05, 0.1) is 17.8 Å². The molecule has 1 saturated carbocycles. The fraction of sp³-hybridized carbons (Fsp3) is 0.480. The summed E-state index contributed by atoms with van der Waals surface area (Å²) in [5.41, 5.74) is 5.96. The minimum atomic E-state index is -0.906. The summed E-state index contributed by atoms with van der Waals surface area (Å²) in [6.45, 7) is 1.40. The Morgan fingerprint density at radius 1 is 1.11 bits per heavy atom. The van der Waals surface area contributed by atoms with E-state index in [1.165, 1.54) is 0 Å². The van der Waals surface area contributed by atoms with Crippen LogP contribution in [0.5, 0.6) is 0 Å². The summed E-state index contributed by atoms with van der Waals surface area (Å²) < 4.78 is 36.8. The maximum atomic E-state index is 14.7. The summed E-state index contributed by atoms with van der Waals surface area (Å²) in [6, 6.07) is 3.72. The maximum absolute atomic E-state index is 14.7. The third-order valence-corrected chi connectivity index (χ3v) is 7.09. The standard InChI is InChI=1S/C25H28F2N8O2/c26-18-10-14(12-28)11-19(27)21(18)33-25-32-20-13-30-24(31-16-2-1-8-37-9-7-16)34-23(20)35(25)17-5-3-15(4-6-17)22(29)36/h10-11,13,15-17H,1-9H2,(H2,29,36)(H,32,33)(H,30,31,34). The molecule has 194 valence electrons. The van der Waals surface area contributed by atoms with Crippen LogP contribution in [-0.2, 0) is 9.53 Å². The van der Waals surface area contributed by atoms with Crippen molar-refractivity contribution in [2.75, 3.05) is 23.8 Å². The van der Waals surface area contributed by atoms with Gasteiger partial charge in [-0.05, 0) is 57.1 Å². The van der Waals surface area contributed by atoms with Crippen LogP contribution in [0.15, 0.2) is 18.3 Å². The Balaban J connectivity index is 1.52. The average Bonchev–Trinajstić information content (AvgIpc) is 3.04. The topological polar surface area (TPSA) is 144 Å². The maximum Gasteiger partial charge on any atom is 0.224 e. The molecule has 1 amide bonds. The molecule has 4 N–H and O–H groups in total. The van der Waals surface area contributed by atoms with Crippen molar-refractivity contribution in [3.8, 4) is 6.07 Å². The van der Waals surface area contributed by atoms with Gasteiger partial charge in [-0.2, -0.15) is 10.2 Å². The number of nitriles is 1. The van der Waals surface area contributed by atoms with Gasteiger partial charge >= 0.3 is 0 Å². The van der Waals surface area contributed by atoms with Gasteiger partial charge < -0.3 is 21.1 Å². The third-order valence-electron chi connectivity index (χ3n) is 7.09. The average molecular weight is 511 g/mol. The number of halogens is 2. The number of benzene rings is 1. The van der Waals surface area contributed by atoms with Crippen molar-refractivity contribution in [2.24, 2.45) is 11.7 Å². The van der Waals surface area contributed by atoms with Gasteiger partial charge in [-0.3, -0.25) is 9.36 Å². The number of carbonyl (C=O) groups excluding carboxylic acids is 1. The second kappa shape index (κ2) is 10.6. The second-order valence-corrected chi connectivity index (χ2v) is 9.55. The molecule has 0 radical (unpaired) electrons. The number of aromatic nitrogens is 4. The molecule has 1 aromatic carbocycles. The second-order valence-electron chi connectivity index (χ2n) is 9.55. The molecule has 5 rings (SSSR count). The molecule has 10 nitrogen and oxygen atoms in total. The Morgan fingerprint density at radius 2 is 1.86 bits per heavy atom. The lowest BCUT2D eigenvalue weighted by molar-refractivity contribution is -0.122. The minimum absolute atomic E-state index is 0.121. The van der Waals surface area contributed by atoms with Crippen LogP contribution < -0.4 is 16.4 Å². The molecule has 1 aliphatic carbocycles. The number of primary amides is 1. The Labute approximate surface area is 212 Å². The largest absolute Gasteiger partial charge is 0.381 e. The van der Waals surface area contributed by atoms with Gasteiger partial charge in [-0.15, -0.1) is 0 Å². The van der Waals surface area contributed by atoms with Crippen LogP contribution >= 0.6 is 0 Å². The van der Waals surface area contributed by atoms with E-state index >= 15 is 0 Å². The Bertz CT molecular complexity index is 1320. The van der Waals surface area contributed by atoms with Gasteiger partial charge in [0, 0.05) is 31.2 Å². The van der Waals surface area contributed by atoms with E-state index in [0.717, 1.165) is 38.0 Å². The quantitative estimate of drug-likeness (QED) is 0.453. The van der Waals surface area contributed by atoms with Gasteiger partial charge in [0.1, 0.15) is 11.2 Å². The zero-order valence-electron chi connectivity index (χ0n) is 20.2. The number of imidazole rings is 1. The van der Waals surface area contributed by atoms with Crippen LogP contribution in [0.3, 0.4) is 0 Å². The molecule has 3 heterocycles. The molecule has 3 aromatic rings. The number of nitrogens with zero attached hydrogens (tertiary/aromatic N) is 5. The van der Waals surface area contributed by atoms with Crippen LogP contribution in [0.2, 0.25) is 0 Å². The Kier molecular flexibility index (Phi) is 7.14. The fourth-order valence-electron chi connectivity index (χ4n) is 5.11. The number of ether oxygens (including phenoxy) is 1. The number of nitrogens with one attached hydrogen (secondary N) is 2. The van der Waals surface area contributed by atoms with Crippen molar-refractivity contribution in [2.45, 2.75) is 57.0 Å². The molecule has 37 heavy (non-hydrogen) atoms. The number of carbonyl (C=O) groups is 1. The number of hydrogen-bond donors (Lipinski definition) is 3. The van der Waals surface area contributed by atoms with Gasteiger partial charge in [0.25, 0.3) is 0 Å². The van der Waals surface area contributed by atoms with Gasteiger partial charge in [-0.1, -0.05) is 0 Å². The summed E-state index contributed by atoms with van der Waals surface area (Å²) in [7, 11) is 0. The lowest BCUT2D eigenvalue weighted by atomic mass is 9.85. The van der Waals surface area contributed by atoms with Gasteiger partial charge in [0.2, 0.25) is 17.8 Å². The number of nitrogens with two attached hydrogens (primary N) is 1. The van der Waals surface area contributed by atoms with E-state index in [1.54, 1.807) is 12.3 Å². The third kappa shape index (κ3) is 5.32. The number of amides is 1. The lowest BCUT2D eigenvalue weighted by Crippen LogP contribution is -2.29. The van der Waals surface area contributed by atoms with E-state index in [2.05, 4.69) is 20.6 Å². The van der Waals surface area contributed by atoms with Crippen LogP contribution in [-0.4, -0.2) is 44.7 Å². The highest BCUT2D eigenvalue weighted by molar-refractivity contribution is 5.78. The van der Waals surface area contributed by atoms with E-state index in [0.29, 0.717) is 49.4 Å². The first-order chi connectivity index (χ1) is 17.9. The predicted octanol–water partition coefficient (Wildman–Crippen LogP) is 3.92. The predicted molar refractivity (Wildman–Crippen MR) is 132 cm³/mol. The zero-order chi connectivity index (χ0) is 25.9. The highest BCUT2D eigenvalue weighted by Crippen LogP contribution is 2.37. The normalized spacial score (nSPS) is 22.2. The van der Waals surface area contributed by atoms with Crippen molar-refractivity contribution in [1.82, 2.24) is 19.5 Å². The smallest absolute Gasteiger partial charge is 0.224 e. The van der Waals surface area contributed by atoms with Crippen LogP contribution in [0.1, 0.15) is 56.6 Å². The summed E-state index contributed by atoms with van der Waals surface area (Å²) >= 11 is 0. The lowest BCUT2D eigenvalue weighted by Gasteiger charge is -2.29. The number of hydrogen-bond acceptors (Lipinski definition) is 8. The summed E-state index contributed by atoms with van der Waals surface area (Å²) in [4.78, 5) is 25.4. The van der Waals surface area contributed by atoms with E-state index in [9.17, 15) is 13.6 Å². The molecule has 1 saturated heterocycles. The number of anilines is 3. The number of rotatable bonds is 6. The summed E-state index contributed by atoms with van der Waals surface area (Å²) in [5.74, 6) is -1.70. The SMILES string of the molecule is N#Cc1cc(F)c(Nc2nc3cnc(NC4CCCOCC4)nc3n2C2CCC(C(N)=O)CC2)c(F)c1. The molecule has 2 fully saturated rings. The fourth-order valence-corrected chi connectivity index (χ4v) is 5.11. The van der Waals surface area contributed by atoms with Crippen molar-refractivity contribution in [3.63, 3.8) is 0 Å². The van der Waals surface area contributed by atoms with Crippen molar-refractivity contribution in [1.29, 1.82) is 5.26 Å². The van der Waals surface area contributed by atoms with Crippen LogP contribution in [0.25, 0.3) is 11.2 Å². The first-order valence-corrected chi connectivity index (χ1v) is 12.5. The van der Waals surface area contributed by atoms with E-state index in [4.69, 9.17) is 20.7 Å².